The molecule has 0 bridgehead atoms. The van der Waals surface area contributed by atoms with E-state index < -0.39 is 18.5 Å². The molecule has 0 saturated heterocycles. The molecule has 8 nitrogen and oxygen atoms in total. The van der Waals surface area contributed by atoms with Gasteiger partial charge in [-0.25, -0.2) is 14.8 Å². The SMILES string of the molecule is COc1ccc([C@@H]2CC(c3ccc4ccccc4c3)=NN2C(=O)COC(=O)c2cnccn2)cc1. The van der Waals surface area contributed by atoms with Crippen LogP contribution < -0.4 is 4.74 Å². The molecule has 1 aliphatic heterocycles. The normalized spacial score (nSPS) is 15.1. The third-order valence-electron chi connectivity index (χ3n) is 5.85. The van der Waals surface area contributed by atoms with Crippen molar-refractivity contribution in [2.75, 3.05) is 13.7 Å². The number of benzene rings is 3. The van der Waals surface area contributed by atoms with E-state index in [0.29, 0.717) is 6.42 Å². The predicted molar refractivity (Wildman–Crippen MR) is 130 cm³/mol. The Morgan fingerprint density at radius 1 is 1.00 bits per heavy atom. The predicted octanol–water partition coefficient (Wildman–Crippen LogP) is 4.17. The van der Waals surface area contributed by atoms with Crippen LogP contribution >= 0.6 is 0 Å². The number of carbonyl (C=O) groups is 2. The summed E-state index contributed by atoms with van der Waals surface area (Å²) in [7, 11) is 1.60. The van der Waals surface area contributed by atoms with E-state index in [9.17, 15) is 9.59 Å². The van der Waals surface area contributed by atoms with E-state index >= 15 is 0 Å². The summed E-state index contributed by atoms with van der Waals surface area (Å²) in [6.07, 6.45) is 4.65. The van der Waals surface area contributed by atoms with Gasteiger partial charge in [-0.3, -0.25) is 9.78 Å². The topological polar surface area (TPSA) is 94.0 Å². The van der Waals surface area contributed by atoms with Gasteiger partial charge in [-0.15, -0.1) is 0 Å². The minimum atomic E-state index is -0.717. The first-order chi connectivity index (χ1) is 17.1. The zero-order valence-corrected chi connectivity index (χ0v) is 19.0. The first-order valence-electron chi connectivity index (χ1n) is 11.1. The molecule has 0 spiro atoms. The second-order valence-electron chi connectivity index (χ2n) is 8.01. The van der Waals surface area contributed by atoms with Crippen LogP contribution in [0.3, 0.4) is 0 Å². The number of methoxy groups -OCH3 is 1. The maximum Gasteiger partial charge on any atom is 0.359 e. The lowest BCUT2D eigenvalue weighted by atomic mass is 9.97. The molecule has 0 radical (unpaired) electrons. The van der Waals surface area contributed by atoms with Crippen molar-refractivity contribution in [2.24, 2.45) is 5.10 Å². The number of esters is 1. The first kappa shape index (κ1) is 22.2. The van der Waals surface area contributed by atoms with E-state index in [1.54, 1.807) is 7.11 Å². The van der Waals surface area contributed by atoms with Crippen LogP contribution in [0.15, 0.2) is 90.4 Å². The molecule has 174 valence electrons. The summed E-state index contributed by atoms with van der Waals surface area (Å²) in [5.74, 6) is -0.428. The summed E-state index contributed by atoms with van der Waals surface area (Å²) < 4.78 is 10.5. The number of hydrazone groups is 1. The monoisotopic (exact) mass is 466 g/mol. The summed E-state index contributed by atoms with van der Waals surface area (Å²) in [4.78, 5) is 33.2. The zero-order valence-electron chi connectivity index (χ0n) is 19.0. The maximum absolute atomic E-state index is 13.2. The van der Waals surface area contributed by atoms with Crippen LogP contribution in [0.2, 0.25) is 0 Å². The highest BCUT2D eigenvalue weighted by Gasteiger charge is 2.33. The van der Waals surface area contributed by atoms with Gasteiger partial charge in [0.2, 0.25) is 0 Å². The van der Waals surface area contributed by atoms with Gasteiger partial charge in [0.15, 0.2) is 12.3 Å². The number of rotatable bonds is 6. The molecular formula is C27H22N4O4. The Labute approximate surface area is 201 Å². The largest absolute Gasteiger partial charge is 0.497 e. The molecule has 0 unspecified atom stereocenters. The highest BCUT2D eigenvalue weighted by molar-refractivity contribution is 6.05. The quantitative estimate of drug-likeness (QED) is 0.396. The number of ether oxygens (including phenoxy) is 2. The molecule has 0 N–H and O–H groups in total. The van der Waals surface area contributed by atoms with Gasteiger partial charge in [0.25, 0.3) is 5.91 Å². The fourth-order valence-corrected chi connectivity index (χ4v) is 4.04. The van der Waals surface area contributed by atoms with Gasteiger partial charge in [-0.2, -0.15) is 5.10 Å². The lowest BCUT2D eigenvalue weighted by Gasteiger charge is -2.22. The van der Waals surface area contributed by atoms with Crippen molar-refractivity contribution < 1.29 is 19.1 Å². The highest BCUT2D eigenvalue weighted by atomic mass is 16.5. The van der Waals surface area contributed by atoms with Crippen molar-refractivity contribution in [1.29, 1.82) is 0 Å². The van der Waals surface area contributed by atoms with Gasteiger partial charge in [0, 0.05) is 18.8 Å². The van der Waals surface area contributed by atoms with Gasteiger partial charge in [-0.1, -0.05) is 48.5 Å². The summed E-state index contributed by atoms with van der Waals surface area (Å²) in [5.41, 5.74) is 2.66. The smallest absolute Gasteiger partial charge is 0.359 e. The molecule has 35 heavy (non-hydrogen) atoms. The first-order valence-corrected chi connectivity index (χ1v) is 11.1. The van der Waals surface area contributed by atoms with Crippen LogP contribution in [-0.2, 0) is 9.53 Å². The Balaban J connectivity index is 1.41. The van der Waals surface area contributed by atoms with E-state index in [4.69, 9.17) is 9.47 Å². The van der Waals surface area contributed by atoms with Crippen molar-refractivity contribution >= 4 is 28.4 Å². The number of hydrogen-bond acceptors (Lipinski definition) is 7. The number of fused-ring (bicyclic) bond motifs is 1. The summed E-state index contributed by atoms with van der Waals surface area (Å²) in [5, 5.41) is 8.29. The molecule has 1 atom stereocenters. The molecule has 8 heteroatoms. The van der Waals surface area contributed by atoms with E-state index in [2.05, 4.69) is 27.2 Å². The van der Waals surface area contributed by atoms with E-state index in [-0.39, 0.29) is 11.7 Å². The maximum atomic E-state index is 13.2. The van der Waals surface area contributed by atoms with Gasteiger partial charge in [-0.05, 0) is 40.1 Å². The van der Waals surface area contributed by atoms with Crippen molar-refractivity contribution in [3.8, 4) is 5.75 Å². The van der Waals surface area contributed by atoms with Crippen LogP contribution in [0.1, 0.15) is 34.1 Å². The zero-order chi connectivity index (χ0) is 24.2. The molecule has 1 amide bonds. The molecule has 0 saturated carbocycles. The number of nitrogens with zero attached hydrogens (tertiary/aromatic N) is 4. The number of carbonyl (C=O) groups excluding carboxylic acids is 2. The number of hydrogen-bond donors (Lipinski definition) is 0. The standard InChI is InChI=1S/C27H22N4O4/c1-34-22-10-8-19(9-11-22)25-15-23(21-7-6-18-4-2-3-5-20(18)14-21)30-31(25)26(32)17-35-27(33)24-16-28-12-13-29-24/h2-14,16,25H,15,17H2,1H3/t25-/m0/s1. The minimum absolute atomic E-state index is 0.0359. The molecular weight excluding hydrogens is 444 g/mol. The summed E-state index contributed by atoms with van der Waals surface area (Å²) in [6, 6.07) is 21.4. The van der Waals surface area contributed by atoms with Crippen LogP contribution in [0, 0.1) is 0 Å². The third kappa shape index (κ3) is 4.72. The average Bonchev–Trinajstić information content (AvgIpc) is 3.37. The van der Waals surface area contributed by atoms with Crippen LogP contribution in [-0.4, -0.2) is 46.3 Å². The molecule has 4 aromatic rings. The lowest BCUT2D eigenvalue weighted by Crippen LogP contribution is -2.31. The highest BCUT2D eigenvalue weighted by Crippen LogP contribution is 2.34. The Morgan fingerprint density at radius 3 is 2.54 bits per heavy atom. The van der Waals surface area contributed by atoms with Crippen molar-refractivity contribution in [2.45, 2.75) is 12.5 Å². The Kier molecular flexibility index (Phi) is 6.17. The Hall–Kier alpha value is -4.59. The minimum Gasteiger partial charge on any atom is -0.497 e. The average molecular weight is 466 g/mol. The number of aromatic nitrogens is 2. The molecule has 1 aromatic heterocycles. The van der Waals surface area contributed by atoms with E-state index in [0.717, 1.165) is 33.4 Å². The van der Waals surface area contributed by atoms with Crippen molar-refractivity contribution in [3.63, 3.8) is 0 Å². The van der Waals surface area contributed by atoms with Gasteiger partial charge < -0.3 is 9.47 Å². The molecule has 0 aliphatic carbocycles. The molecule has 5 rings (SSSR count). The summed E-state index contributed by atoms with van der Waals surface area (Å²) in [6.45, 7) is -0.462. The number of amides is 1. The molecule has 3 aromatic carbocycles. The fourth-order valence-electron chi connectivity index (χ4n) is 4.04. The van der Waals surface area contributed by atoms with Gasteiger partial charge in [0.1, 0.15) is 5.75 Å². The lowest BCUT2D eigenvalue weighted by molar-refractivity contribution is -0.136. The van der Waals surface area contributed by atoms with E-state index in [1.165, 1.54) is 23.6 Å². The second kappa shape index (κ2) is 9.72. The fraction of sp³-hybridized carbons (Fsp3) is 0.148. The van der Waals surface area contributed by atoms with Crippen molar-refractivity contribution in [3.05, 3.63) is 102 Å². The van der Waals surface area contributed by atoms with Gasteiger partial charge >= 0.3 is 5.97 Å². The van der Waals surface area contributed by atoms with Crippen LogP contribution in [0.4, 0.5) is 0 Å². The molecule has 2 heterocycles. The van der Waals surface area contributed by atoms with Crippen molar-refractivity contribution in [1.82, 2.24) is 15.0 Å². The van der Waals surface area contributed by atoms with Gasteiger partial charge in [0.05, 0.1) is 25.1 Å². The summed E-state index contributed by atoms with van der Waals surface area (Å²) >= 11 is 0. The Bertz CT molecular complexity index is 1400. The molecule has 0 fully saturated rings. The van der Waals surface area contributed by atoms with Crippen LogP contribution in [0.25, 0.3) is 10.8 Å². The van der Waals surface area contributed by atoms with E-state index in [1.807, 2.05) is 54.6 Å². The third-order valence-corrected chi connectivity index (χ3v) is 5.85. The second-order valence-corrected chi connectivity index (χ2v) is 8.01. The Morgan fingerprint density at radius 2 is 1.80 bits per heavy atom. The van der Waals surface area contributed by atoms with Crippen LogP contribution in [0.5, 0.6) is 5.75 Å². The molecule has 1 aliphatic rings.